The summed E-state index contributed by atoms with van der Waals surface area (Å²) in [6.45, 7) is 14.6. The summed E-state index contributed by atoms with van der Waals surface area (Å²) in [5.74, 6) is 1.93. The van der Waals surface area contributed by atoms with Gasteiger partial charge in [0.2, 0.25) is 5.28 Å². The van der Waals surface area contributed by atoms with Gasteiger partial charge in [0.1, 0.15) is 28.4 Å². The fourth-order valence-electron chi connectivity index (χ4n) is 5.27. The lowest BCUT2D eigenvalue weighted by Gasteiger charge is -2.19. The van der Waals surface area contributed by atoms with E-state index in [2.05, 4.69) is 40.8 Å². The Morgan fingerprint density at radius 3 is 2.04 bits per heavy atom. The number of hydrogen-bond donors (Lipinski definition) is 2. The van der Waals surface area contributed by atoms with Crippen LogP contribution in [-0.4, -0.2) is 62.9 Å². The van der Waals surface area contributed by atoms with Crippen LogP contribution >= 0.6 is 11.6 Å². The number of benzene rings is 2. The van der Waals surface area contributed by atoms with Crippen LogP contribution in [-0.2, 0) is 9.47 Å². The number of carbonyl (C=O) groups is 2. The van der Waals surface area contributed by atoms with E-state index in [1.165, 1.54) is 15.6 Å². The van der Waals surface area contributed by atoms with Crippen molar-refractivity contribution >= 4 is 57.9 Å². The molecule has 56 heavy (non-hydrogen) atoms. The Bertz CT molecular complexity index is 2480. The normalized spacial score (nSPS) is 11.4. The van der Waals surface area contributed by atoms with E-state index < -0.39 is 23.4 Å². The number of rotatable bonds is 6. The first-order chi connectivity index (χ1) is 26.5. The van der Waals surface area contributed by atoms with Crippen molar-refractivity contribution in [2.75, 3.05) is 10.6 Å². The highest BCUT2D eigenvalue weighted by molar-refractivity contribution is 6.28. The van der Waals surface area contributed by atoms with E-state index in [-0.39, 0.29) is 5.28 Å². The Hall–Kier alpha value is -6.61. The van der Waals surface area contributed by atoms with E-state index in [0.29, 0.717) is 22.7 Å². The van der Waals surface area contributed by atoms with E-state index in [1.807, 2.05) is 110 Å². The van der Waals surface area contributed by atoms with E-state index >= 15 is 0 Å². The number of anilines is 4. The van der Waals surface area contributed by atoms with Crippen LogP contribution in [0.2, 0.25) is 5.28 Å². The van der Waals surface area contributed by atoms with Gasteiger partial charge in [-0.05, 0) is 108 Å². The maximum absolute atomic E-state index is 12.3. The van der Waals surface area contributed by atoms with E-state index in [1.54, 1.807) is 30.9 Å². The first-order valence-electron chi connectivity index (χ1n) is 17.5. The molecule has 5 aromatic heterocycles. The Kier molecular flexibility index (Phi) is 11.2. The molecule has 2 aromatic carbocycles. The molecule has 0 atom stereocenters. The zero-order valence-corrected chi connectivity index (χ0v) is 32.9. The largest absolute Gasteiger partial charge is 0.459 e. The van der Waals surface area contributed by atoms with Gasteiger partial charge in [0.05, 0.1) is 24.4 Å². The van der Waals surface area contributed by atoms with Gasteiger partial charge in [-0.2, -0.15) is 24.5 Å². The van der Waals surface area contributed by atoms with Gasteiger partial charge < -0.3 is 24.5 Å². The highest BCUT2D eigenvalue weighted by atomic mass is 35.5. The number of ether oxygens (including phenoxy) is 2. The summed E-state index contributed by atoms with van der Waals surface area (Å²) in [6.07, 6.45) is 7.17. The first-order valence-corrected chi connectivity index (χ1v) is 17.9. The van der Waals surface area contributed by atoms with Crippen molar-refractivity contribution in [1.29, 1.82) is 0 Å². The lowest BCUT2D eigenvalue weighted by molar-refractivity contribution is 0.0502. The highest BCUT2D eigenvalue weighted by Crippen LogP contribution is 2.29. The van der Waals surface area contributed by atoms with Crippen LogP contribution in [0, 0.1) is 13.8 Å². The van der Waals surface area contributed by atoms with Gasteiger partial charge in [-0.3, -0.25) is 0 Å². The van der Waals surface area contributed by atoms with Crippen LogP contribution in [0.3, 0.4) is 0 Å². The number of halogens is 1. The molecule has 288 valence electrons. The standard InChI is InChI=1S/C20H18ClN5O3.C20H23N5O2/c1-20(2,3)29-19(27)26-11-13(10-22-26)12-4-6-14(7-5-12)23-17-16-15(8-9-28-16)24-18(21)25-17;1-13-17(12-22-25(13)19(26)27-20(3,4)5)15-6-8-16(9-7-15)24-18-10-11-21-14(2)23-18/h4-11H,1-3H3,(H,23,24,25);6-12H,1-5H3,(H,21,23,24). The monoisotopic (exact) mass is 776 g/mol. The lowest BCUT2D eigenvalue weighted by Crippen LogP contribution is -2.28. The number of aromatic nitrogens is 8. The van der Waals surface area contributed by atoms with Crippen LogP contribution in [0.4, 0.5) is 32.6 Å². The molecule has 15 nitrogen and oxygen atoms in total. The van der Waals surface area contributed by atoms with Gasteiger partial charge in [0.25, 0.3) is 0 Å². The molecule has 0 amide bonds. The third kappa shape index (κ3) is 9.92. The minimum absolute atomic E-state index is 0.132. The summed E-state index contributed by atoms with van der Waals surface area (Å²) in [7, 11) is 0. The van der Waals surface area contributed by atoms with Gasteiger partial charge in [-0.15, -0.1) is 0 Å². The summed E-state index contributed by atoms with van der Waals surface area (Å²) in [6, 6.07) is 19.0. The number of carbonyl (C=O) groups excluding carboxylic acids is 2. The van der Waals surface area contributed by atoms with Crippen molar-refractivity contribution < 1.29 is 23.5 Å². The smallest absolute Gasteiger partial charge is 0.435 e. The third-order valence-corrected chi connectivity index (χ3v) is 7.91. The second-order valence-electron chi connectivity index (χ2n) is 14.6. The molecular weight excluding hydrogens is 736 g/mol. The first kappa shape index (κ1) is 39.1. The molecule has 0 bridgehead atoms. The van der Waals surface area contributed by atoms with Gasteiger partial charge in [0.15, 0.2) is 11.4 Å². The fourth-order valence-corrected chi connectivity index (χ4v) is 5.45. The Morgan fingerprint density at radius 1 is 0.732 bits per heavy atom. The molecule has 5 heterocycles. The topological polar surface area (TPSA) is 177 Å². The minimum Gasteiger partial charge on any atom is -0.459 e. The van der Waals surface area contributed by atoms with E-state index in [9.17, 15) is 9.59 Å². The second kappa shape index (κ2) is 16.0. The van der Waals surface area contributed by atoms with Crippen molar-refractivity contribution in [3.05, 3.63) is 109 Å². The van der Waals surface area contributed by atoms with Crippen LogP contribution in [0.5, 0.6) is 0 Å². The summed E-state index contributed by atoms with van der Waals surface area (Å²) in [4.78, 5) is 41.1. The fraction of sp³-hybridized carbons (Fsp3) is 0.250. The summed E-state index contributed by atoms with van der Waals surface area (Å²) >= 11 is 5.97. The Morgan fingerprint density at radius 2 is 1.38 bits per heavy atom. The van der Waals surface area contributed by atoms with Crippen molar-refractivity contribution in [2.24, 2.45) is 0 Å². The summed E-state index contributed by atoms with van der Waals surface area (Å²) in [5, 5.41) is 14.8. The average Bonchev–Trinajstić information content (AvgIpc) is 3.89. The number of hydrogen-bond acceptors (Lipinski definition) is 13. The molecule has 0 saturated heterocycles. The molecule has 0 aliphatic rings. The number of nitrogens with one attached hydrogen (secondary N) is 2. The van der Waals surface area contributed by atoms with Gasteiger partial charge in [0, 0.05) is 41.0 Å². The third-order valence-electron chi connectivity index (χ3n) is 7.74. The Labute approximate surface area is 328 Å². The molecule has 16 heteroatoms. The predicted octanol–water partition coefficient (Wildman–Crippen LogP) is 9.75. The number of nitrogens with zero attached hydrogens (tertiary/aromatic N) is 8. The summed E-state index contributed by atoms with van der Waals surface area (Å²) in [5.41, 5.74) is 5.97. The molecule has 0 aliphatic carbocycles. The van der Waals surface area contributed by atoms with E-state index in [0.717, 1.165) is 45.1 Å². The molecule has 0 spiro atoms. The maximum Gasteiger partial charge on any atom is 0.435 e. The molecule has 0 saturated carbocycles. The van der Waals surface area contributed by atoms with Gasteiger partial charge in [-0.25, -0.2) is 24.5 Å². The lowest BCUT2D eigenvalue weighted by atomic mass is 10.1. The molecule has 0 radical (unpaired) electrons. The molecule has 0 fully saturated rings. The number of fused-ring (bicyclic) bond motifs is 1. The Balaban J connectivity index is 0.000000190. The highest BCUT2D eigenvalue weighted by Gasteiger charge is 2.22. The average molecular weight is 777 g/mol. The van der Waals surface area contributed by atoms with Crippen molar-refractivity contribution in [3.63, 3.8) is 0 Å². The zero-order valence-electron chi connectivity index (χ0n) is 32.2. The van der Waals surface area contributed by atoms with Crippen molar-refractivity contribution in [2.45, 2.75) is 66.6 Å². The molecule has 0 unspecified atom stereocenters. The van der Waals surface area contributed by atoms with Crippen LogP contribution in [0.25, 0.3) is 33.4 Å². The molecule has 0 aliphatic heterocycles. The SMILES string of the molecule is CC(C)(C)OC(=O)n1cc(-c2ccc(Nc3nc(Cl)nc4ccoc34)cc2)cn1.Cc1nccc(Nc2ccc(-c3cnn(C(=O)OC(C)(C)C)c3C)cc2)n1. The van der Waals surface area contributed by atoms with Crippen LogP contribution in [0.15, 0.2) is 96.1 Å². The number of aryl methyl sites for hydroxylation is 1. The van der Waals surface area contributed by atoms with E-state index in [4.69, 9.17) is 25.5 Å². The van der Waals surface area contributed by atoms with Crippen LogP contribution < -0.4 is 10.6 Å². The maximum atomic E-state index is 12.3. The van der Waals surface area contributed by atoms with Crippen molar-refractivity contribution in [1.82, 2.24) is 39.5 Å². The number of furan rings is 1. The van der Waals surface area contributed by atoms with Gasteiger partial charge >= 0.3 is 12.2 Å². The molecule has 7 aromatic rings. The molecule has 2 N–H and O–H groups in total. The zero-order chi connectivity index (χ0) is 40.2. The molecule has 7 rings (SSSR count). The van der Waals surface area contributed by atoms with Crippen LogP contribution in [0.1, 0.15) is 53.1 Å². The second-order valence-corrected chi connectivity index (χ2v) is 14.9. The summed E-state index contributed by atoms with van der Waals surface area (Å²) < 4.78 is 18.6. The van der Waals surface area contributed by atoms with Crippen molar-refractivity contribution in [3.8, 4) is 22.3 Å². The van der Waals surface area contributed by atoms with Gasteiger partial charge in [-0.1, -0.05) is 24.3 Å². The predicted molar refractivity (Wildman–Crippen MR) is 213 cm³/mol. The quantitative estimate of drug-likeness (QED) is 0.153. The molecular formula is C40H41ClN10O5. The minimum atomic E-state index is -0.584.